The molecule has 0 radical (unpaired) electrons. The third-order valence-corrected chi connectivity index (χ3v) is 12.5. The minimum Gasteiger partial charge on any atom is -0.382 e. The molecule has 2 aromatic carbocycles. The minimum atomic E-state index is -0.341. The van der Waals surface area contributed by atoms with Crippen LogP contribution in [0.5, 0.6) is 0 Å². The average molecular weight is 799 g/mol. The first-order valence-corrected chi connectivity index (χ1v) is 20.9. The van der Waals surface area contributed by atoms with Crippen LogP contribution in [0.3, 0.4) is 0 Å². The van der Waals surface area contributed by atoms with E-state index >= 15 is 0 Å². The first-order chi connectivity index (χ1) is 28.0. The Morgan fingerprint density at radius 2 is 1.19 bits per heavy atom. The summed E-state index contributed by atoms with van der Waals surface area (Å²) in [5.41, 5.74) is 19.3. The molecule has 10 rings (SSSR count). The highest BCUT2D eigenvalue weighted by Crippen LogP contribution is 2.42. The van der Waals surface area contributed by atoms with Crippen molar-refractivity contribution in [2.75, 3.05) is 24.7 Å². The number of nitrogens with two attached hydrogens (primary N) is 2. The van der Waals surface area contributed by atoms with Gasteiger partial charge in [0.2, 0.25) is 0 Å². The van der Waals surface area contributed by atoms with Crippen molar-refractivity contribution >= 4 is 55.0 Å². The van der Waals surface area contributed by atoms with Gasteiger partial charge in [0, 0.05) is 37.1 Å². The summed E-state index contributed by atoms with van der Waals surface area (Å²) in [4.78, 5) is 37.4. The third-order valence-electron chi connectivity index (χ3n) is 10.5. The van der Waals surface area contributed by atoms with Crippen LogP contribution in [-0.2, 0) is 22.6 Å². The van der Waals surface area contributed by atoms with E-state index in [4.69, 9.17) is 35.9 Å². The molecule has 0 amide bonds. The molecule has 1 aliphatic heterocycles. The second-order valence-corrected chi connectivity index (χ2v) is 16.2. The average Bonchev–Trinajstić information content (AvgIpc) is 4.09. The first kappa shape index (κ1) is 36.9. The summed E-state index contributed by atoms with van der Waals surface area (Å²) in [6, 6.07) is 20.4. The minimum absolute atomic E-state index is 0.341. The summed E-state index contributed by atoms with van der Waals surface area (Å²) in [5.74, 6) is 1.00. The molecule has 290 valence electrons. The molecule has 1 saturated carbocycles. The summed E-state index contributed by atoms with van der Waals surface area (Å²) in [5, 5.41) is 1.73. The molecule has 4 N–H and O–H groups in total. The molecule has 0 unspecified atom stereocenters. The van der Waals surface area contributed by atoms with Gasteiger partial charge in [-0.15, -0.1) is 0 Å². The van der Waals surface area contributed by atoms with Crippen molar-refractivity contribution in [1.29, 1.82) is 0 Å². The highest BCUT2D eigenvalue weighted by atomic mass is 32.1. The molecule has 57 heavy (non-hydrogen) atoms. The Bertz CT molecular complexity index is 2600. The molecule has 14 nitrogen and oxygen atoms in total. The van der Waals surface area contributed by atoms with Crippen molar-refractivity contribution in [3.05, 3.63) is 86.0 Å². The predicted molar refractivity (Wildman–Crippen MR) is 224 cm³/mol. The molecule has 0 atom stereocenters. The van der Waals surface area contributed by atoms with Gasteiger partial charge in [-0.2, -0.15) is 0 Å². The van der Waals surface area contributed by atoms with E-state index < -0.39 is 0 Å². The number of benzene rings is 2. The fourth-order valence-corrected chi connectivity index (χ4v) is 9.53. The zero-order valence-corrected chi connectivity index (χ0v) is 33.1. The third kappa shape index (κ3) is 7.48. The summed E-state index contributed by atoms with van der Waals surface area (Å²) in [7, 11) is 0. The van der Waals surface area contributed by atoms with Crippen LogP contribution >= 0.6 is 22.7 Å². The number of nitrogens with zero attached hydrogens (tertiary/aromatic N) is 10. The molecule has 2 fully saturated rings. The van der Waals surface area contributed by atoms with Gasteiger partial charge in [0.05, 0.1) is 37.3 Å². The topological polar surface area (TPSA) is 183 Å². The molecular formula is C41H42N12O2S2. The fourth-order valence-electron chi connectivity index (χ4n) is 7.57. The molecule has 1 saturated heterocycles. The van der Waals surface area contributed by atoms with Crippen LogP contribution in [0.25, 0.3) is 64.6 Å². The maximum atomic E-state index is 6.06. The number of unbranched alkanes of at least 4 members (excludes halogenated alkanes) is 1. The second-order valence-electron chi connectivity index (χ2n) is 14.2. The van der Waals surface area contributed by atoms with E-state index in [9.17, 15) is 0 Å². The van der Waals surface area contributed by atoms with E-state index in [1.807, 2.05) is 49.1 Å². The molecule has 1 spiro atoms. The Morgan fingerprint density at radius 1 is 0.684 bits per heavy atom. The number of imidazole rings is 2. The van der Waals surface area contributed by atoms with Gasteiger partial charge in [0.15, 0.2) is 17.4 Å². The number of rotatable bonds is 9. The lowest BCUT2D eigenvalue weighted by Crippen LogP contribution is -2.36. The molecule has 6 aromatic heterocycles. The largest absolute Gasteiger partial charge is 0.382 e. The molecular weight excluding hydrogens is 757 g/mol. The first-order valence-electron chi connectivity index (χ1n) is 19.2. The Labute approximate surface area is 337 Å². The lowest BCUT2D eigenvalue weighted by Gasteiger charge is -2.35. The Hall–Kier alpha value is -5.68. The Morgan fingerprint density at radius 3 is 1.70 bits per heavy atom. The van der Waals surface area contributed by atoms with E-state index in [1.165, 1.54) is 35.3 Å². The van der Waals surface area contributed by atoms with Crippen LogP contribution in [0.15, 0.2) is 86.0 Å². The lowest BCUT2D eigenvalue weighted by molar-refractivity contribution is -0.183. The zero-order valence-electron chi connectivity index (χ0n) is 31.5. The Kier molecular flexibility index (Phi) is 10.4. The summed E-state index contributed by atoms with van der Waals surface area (Å²) >= 11 is 3.05. The standard InChI is InChI=1S/C23H24N6O2S.C18H18N6S/c24-20-18-21(26-13-25-20)32-22(28-18)19-17(16-4-2-1-3-5-16)27-14-29(19)12-15-6-8-23(9-7-15)30-10-11-31-23;1-2-3-9-24-11-22-13(12-7-5-4-6-8-12)15(24)18-23-14-16(19)20-10-21-17(14)25-18/h1-5,13-15H,6-12H2,(H2,24,25,26);4-8,10-11H,2-3,9H2,1H3,(H2,19,20,21). The van der Waals surface area contributed by atoms with E-state index in [1.54, 1.807) is 0 Å². The number of fused-ring (bicyclic) bond motifs is 2. The van der Waals surface area contributed by atoms with Crippen LogP contribution in [0.4, 0.5) is 11.6 Å². The number of thiazole rings is 2. The van der Waals surface area contributed by atoms with Crippen molar-refractivity contribution in [3.63, 3.8) is 0 Å². The van der Waals surface area contributed by atoms with E-state index in [0.717, 1.165) is 105 Å². The number of aromatic nitrogens is 10. The summed E-state index contributed by atoms with van der Waals surface area (Å²) in [6.45, 7) is 5.38. The van der Waals surface area contributed by atoms with Gasteiger partial charge in [-0.3, -0.25) is 0 Å². The van der Waals surface area contributed by atoms with E-state index in [2.05, 4.69) is 65.2 Å². The predicted octanol–water partition coefficient (Wildman–Crippen LogP) is 8.13. The number of hydrogen-bond acceptors (Lipinski definition) is 14. The van der Waals surface area contributed by atoms with Crippen LogP contribution in [-0.4, -0.2) is 68.0 Å². The maximum absolute atomic E-state index is 6.06. The monoisotopic (exact) mass is 798 g/mol. The van der Waals surface area contributed by atoms with Gasteiger partial charge in [0.1, 0.15) is 54.8 Å². The van der Waals surface area contributed by atoms with E-state index in [0.29, 0.717) is 41.8 Å². The summed E-state index contributed by atoms with van der Waals surface area (Å²) < 4.78 is 16.2. The van der Waals surface area contributed by atoms with Gasteiger partial charge in [-0.05, 0) is 25.2 Å². The van der Waals surface area contributed by atoms with E-state index in [-0.39, 0.29) is 5.79 Å². The van der Waals surface area contributed by atoms with Crippen LogP contribution in [0, 0.1) is 5.92 Å². The van der Waals surface area contributed by atoms with Crippen LogP contribution in [0.2, 0.25) is 0 Å². The van der Waals surface area contributed by atoms with Gasteiger partial charge in [-0.1, -0.05) is 96.7 Å². The molecule has 16 heteroatoms. The number of hydrogen-bond donors (Lipinski definition) is 2. The van der Waals surface area contributed by atoms with Gasteiger partial charge in [-0.25, -0.2) is 39.9 Å². The van der Waals surface area contributed by atoms with Crippen molar-refractivity contribution in [3.8, 4) is 43.9 Å². The normalized spacial score (nSPS) is 15.4. The molecule has 2 aliphatic rings. The maximum Gasteiger partial charge on any atom is 0.168 e. The molecule has 1 aliphatic carbocycles. The summed E-state index contributed by atoms with van der Waals surface area (Å²) in [6.07, 6.45) is 13.0. The van der Waals surface area contributed by atoms with Gasteiger partial charge in [0.25, 0.3) is 0 Å². The quantitative estimate of drug-likeness (QED) is 0.143. The smallest absolute Gasteiger partial charge is 0.168 e. The molecule has 7 heterocycles. The highest BCUT2D eigenvalue weighted by molar-refractivity contribution is 7.21. The van der Waals surface area contributed by atoms with Gasteiger partial charge < -0.3 is 30.1 Å². The Balaban J connectivity index is 0.000000153. The SMILES string of the molecule is CCCCn1cnc(-c2ccccc2)c1-c1nc2c(N)ncnc2s1.Nc1ncnc2sc(-c3c(-c4ccccc4)ncn3CC3CCC4(CC3)OCCO4)nc12. The number of nitrogen functional groups attached to an aromatic ring is 2. The zero-order chi connectivity index (χ0) is 38.8. The van der Waals surface area contributed by atoms with Crippen LogP contribution in [0.1, 0.15) is 45.4 Å². The number of aryl methyl sites for hydroxylation is 1. The highest BCUT2D eigenvalue weighted by Gasteiger charge is 2.40. The van der Waals surface area contributed by atoms with Gasteiger partial charge >= 0.3 is 0 Å². The number of ether oxygens (including phenoxy) is 2. The van der Waals surface area contributed by atoms with Crippen LogP contribution < -0.4 is 11.5 Å². The van der Waals surface area contributed by atoms with Crippen molar-refractivity contribution in [2.45, 2.75) is 64.3 Å². The number of anilines is 2. The van der Waals surface area contributed by atoms with Crippen molar-refractivity contribution in [1.82, 2.24) is 49.0 Å². The lowest BCUT2D eigenvalue weighted by atomic mass is 9.85. The van der Waals surface area contributed by atoms with Crippen molar-refractivity contribution in [2.24, 2.45) is 5.92 Å². The fraction of sp³-hybridized carbons (Fsp3) is 0.317. The molecule has 0 bridgehead atoms. The van der Waals surface area contributed by atoms with Crippen molar-refractivity contribution < 1.29 is 9.47 Å². The molecule has 8 aromatic rings. The second kappa shape index (κ2) is 16.1.